The van der Waals surface area contributed by atoms with Gasteiger partial charge in [-0.15, -0.1) is 0 Å². The number of nitrogens with one attached hydrogen (secondary N) is 1. The van der Waals surface area contributed by atoms with Gasteiger partial charge < -0.3 is 10.2 Å². The quantitative estimate of drug-likeness (QED) is 0.756. The fraction of sp³-hybridized carbons (Fsp3) is 0.538. The van der Waals surface area contributed by atoms with Crippen LogP contribution in [0.4, 0.5) is 11.4 Å². The van der Waals surface area contributed by atoms with Crippen LogP contribution in [-0.4, -0.2) is 19.1 Å². The van der Waals surface area contributed by atoms with Crippen LogP contribution < -0.4 is 10.2 Å². The van der Waals surface area contributed by atoms with Crippen molar-refractivity contribution in [2.75, 3.05) is 23.8 Å². The van der Waals surface area contributed by atoms with E-state index in [4.69, 9.17) is 0 Å². The van der Waals surface area contributed by atoms with Gasteiger partial charge in [0.25, 0.3) is 0 Å². The first-order valence-corrected chi connectivity index (χ1v) is 5.65. The van der Waals surface area contributed by atoms with Gasteiger partial charge in [-0.25, -0.2) is 0 Å². The molecule has 0 aromatic heterocycles. The number of aryl methyl sites for hydroxylation is 1. The molecule has 82 valence electrons. The Balaban J connectivity index is 2.49. The number of fused-ring (bicyclic) bond motifs is 1. The normalized spacial score (nSPS) is 18.3. The highest BCUT2D eigenvalue weighted by molar-refractivity contribution is 5.76. The molecule has 0 fully saturated rings. The van der Waals surface area contributed by atoms with Crippen LogP contribution in [0.3, 0.4) is 0 Å². The lowest BCUT2D eigenvalue weighted by Crippen LogP contribution is -2.47. The molecule has 2 rings (SSSR count). The summed E-state index contributed by atoms with van der Waals surface area (Å²) in [6.45, 7) is 7.75. The summed E-state index contributed by atoms with van der Waals surface area (Å²) in [5, 5.41) is 3.60. The van der Waals surface area contributed by atoms with Crippen molar-refractivity contribution in [2.45, 2.75) is 32.7 Å². The van der Waals surface area contributed by atoms with E-state index in [1.807, 2.05) is 0 Å². The fourth-order valence-electron chi connectivity index (χ4n) is 2.50. The molecule has 15 heavy (non-hydrogen) atoms. The number of benzene rings is 1. The third kappa shape index (κ3) is 1.81. The largest absolute Gasteiger partial charge is 0.377 e. The Morgan fingerprint density at radius 2 is 2.13 bits per heavy atom. The molecular weight excluding hydrogens is 184 g/mol. The molecule has 0 aliphatic carbocycles. The molecule has 0 atom stereocenters. The number of hydrogen-bond donors (Lipinski definition) is 1. The van der Waals surface area contributed by atoms with Crippen molar-refractivity contribution in [3.8, 4) is 0 Å². The van der Waals surface area contributed by atoms with E-state index >= 15 is 0 Å². The van der Waals surface area contributed by atoms with Gasteiger partial charge in [-0.3, -0.25) is 0 Å². The zero-order valence-electron chi connectivity index (χ0n) is 10.1. The topological polar surface area (TPSA) is 15.3 Å². The van der Waals surface area contributed by atoms with Gasteiger partial charge in [0.2, 0.25) is 0 Å². The van der Waals surface area contributed by atoms with Gasteiger partial charge in [0.05, 0.1) is 11.4 Å². The molecule has 1 aliphatic rings. The second-order valence-corrected chi connectivity index (χ2v) is 5.03. The van der Waals surface area contributed by atoms with E-state index in [0.717, 1.165) is 13.0 Å². The van der Waals surface area contributed by atoms with Crippen molar-refractivity contribution in [3.05, 3.63) is 23.8 Å². The first-order chi connectivity index (χ1) is 7.03. The lowest BCUT2D eigenvalue weighted by atomic mass is 9.97. The summed E-state index contributed by atoms with van der Waals surface area (Å²) in [5.74, 6) is 0. The Kier molecular flexibility index (Phi) is 2.37. The molecule has 1 aliphatic heterocycles. The molecule has 2 nitrogen and oxygen atoms in total. The van der Waals surface area contributed by atoms with E-state index in [2.05, 4.69) is 56.2 Å². The van der Waals surface area contributed by atoms with Crippen LogP contribution in [-0.2, 0) is 6.42 Å². The lowest BCUT2D eigenvalue weighted by Gasteiger charge is -2.41. The van der Waals surface area contributed by atoms with Gasteiger partial charge in [-0.1, -0.05) is 19.1 Å². The summed E-state index contributed by atoms with van der Waals surface area (Å²) in [7, 11) is 2.18. The van der Waals surface area contributed by atoms with E-state index in [1.165, 1.54) is 16.9 Å². The minimum absolute atomic E-state index is 0.161. The summed E-state index contributed by atoms with van der Waals surface area (Å²) < 4.78 is 0. The molecule has 0 spiro atoms. The van der Waals surface area contributed by atoms with Gasteiger partial charge in [0.1, 0.15) is 0 Å². The van der Waals surface area contributed by atoms with Crippen molar-refractivity contribution in [3.63, 3.8) is 0 Å². The van der Waals surface area contributed by atoms with Gasteiger partial charge in [-0.2, -0.15) is 0 Å². The van der Waals surface area contributed by atoms with E-state index in [9.17, 15) is 0 Å². The van der Waals surface area contributed by atoms with Crippen molar-refractivity contribution in [1.29, 1.82) is 0 Å². The highest BCUT2D eigenvalue weighted by Crippen LogP contribution is 2.36. The Bertz CT molecular complexity index is 369. The maximum Gasteiger partial charge on any atom is 0.0632 e. The molecule has 0 amide bonds. The van der Waals surface area contributed by atoms with Crippen LogP contribution in [0.5, 0.6) is 0 Å². The molecule has 0 radical (unpaired) electrons. The predicted octanol–water partition coefficient (Wildman–Crippen LogP) is 2.89. The summed E-state index contributed by atoms with van der Waals surface area (Å²) in [4.78, 5) is 2.37. The smallest absolute Gasteiger partial charge is 0.0632 e. The van der Waals surface area contributed by atoms with Gasteiger partial charge >= 0.3 is 0 Å². The molecule has 0 unspecified atom stereocenters. The summed E-state index contributed by atoms with van der Waals surface area (Å²) in [6, 6.07) is 6.53. The number of para-hydroxylation sites is 1. The Morgan fingerprint density at radius 3 is 2.80 bits per heavy atom. The van der Waals surface area contributed by atoms with Crippen LogP contribution in [0.1, 0.15) is 26.3 Å². The van der Waals surface area contributed by atoms with Gasteiger partial charge in [0.15, 0.2) is 0 Å². The highest BCUT2D eigenvalue weighted by Gasteiger charge is 2.28. The first-order valence-electron chi connectivity index (χ1n) is 5.65. The van der Waals surface area contributed by atoms with Crippen molar-refractivity contribution < 1.29 is 0 Å². The van der Waals surface area contributed by atoms with E-state index < -0.39 is 0 Å². The zero-order chi connectivity index (χ0) is 11.1. The molecule has 0 saturated carbocycles. The van der Waals surface area contributed by atoms with Crippen molar-refractivity contribution in [2.24, 2.45) is 0 Å². The monoisotopic (exact) mass is 204 g/mol. The average molecular weight is 204 g/mol. The van der Waals surface area contributed by atoms with E-state index in [-0.39, 0.29) is 5.54 Å². The number of anilines is 2. The summed E-state index contributed by atoms with van der Waals surface area (Å²) in [5.41, 5.74) is 4.24. The van der Waals surface area contributed by atoms with Crippen LogP contribution in [0.15, 0.2) is 18.2 Å². The molecule has 1 N–H and O–H groups in total. The zero-order valence-corrected chi connectivity index (χ0v) is 10.1. The second-order valence-electron chi connectivity index (χ2n) is 5.03. The first kappa shape index (κ1) is 10.3. The van der Waals surface area contributed by atoms with E-state index in [0.29, 0.717) is 0 Å². The number of nitrogens with zero attached hydrogens (tertiary/aromatic N) is 1. The summed E-state index contributed by atoms with van der Waals surface area (Å²) in [6.07, 6.45) is 1.09. The second kappa shape index (κ2) is 3.44. The predicted molar refractivity (Wildman–Crippen MR) is 66.8 cm³/mol. The lowest BCUT2D eigenvalue weighted by molar-refractivity contribution is 0.549. The Hall–Kier alpha value is -1.18. The minimum Gasteiger partial charge on any atom is -0.377 e. The third-order valence-electron chi connectivity index (χ3n) is 2.99. The van der Waals surface area contributed by atoms with E-state index in [1.54, 1.807) is 0 Å². The molecular formula is C13H20N2. The molecule has 1 aromatic rings. The number of likely N-dealkylation sites (N-methyl/N-ethyl adjacent to an activating group) is 1. The summed E-state index contributed by atoms with van der Waals surface area (Å²) >= 11 is 0. The molecule has 2 heteroatoms. The molecule has 0 saturated heterocycles. The minimum atomic E-state index is 0.161. The average Bonchev–Trinajstić information content (AvgIpc) is 2.14. The van der Waals surface area contributed by atoms with Crippen molar-refractivity contribution in [1.82, 2.24) is 0 Å². The van der Waals surface area contributed by atoms with Gasteiger partial charge in [-0.05, 0) is 31.9 Å². The fourth-order valence-corrected chi connectivity index (χ4v) is 2.50. The van der Waals surface area contributed by atoms with Gasteiger partial charge in [0, 0.05) is 19.1 Å². The van der Waals surface area contributed by atoms with Crippen LogP contribution in [0, 0.1) is 0 Å². The standard InChI is InChI=1S/C13H20N2/c1-5-10-7-6-8-11-12(10)15(4)9-13(2,3)14-11/h6-8,14H,5,9H2,1-4H3. The maximum absolute atomic E-state index is 3.60. The number of rotatable bonds is 1. The Morgan fingerprint density at radius 1 is 1.40 bits per heavy atom. The molecule has 1 heterocycles. The molecule has 0 bridgehead atoms. The van der Waals surface area contributed by atoms with Crippen LogP contribution in [0.25, 0.3) is 0 Å². The SMILES string of the molecule is CCc1cccc2c1N(C)CC(C)(C)N2. The number of hydrogen-bond acceptors (Lipinski definition) is 2. The van der Waals surface area contributed by atoms with Crippen LogP contribution >= 0.6 is 0 Å². The third-order valence-corrected chi connectivity index (χ3v) is 2.99. The maximum atomic E-state index is 3.60. The highest BCUT2D eigenvalue weighted by atomic mass is 15.2. The van der Waals surface area contributed by atoms with Crippen LogP contribution in [0.2, 0.25) is 0 Å². The Labute approximate surface area is 92.3 Å². The molecule has 1 aromatic carbocycles. The van der Waals surface area contributed by atoms with Crippen molar-refractivity contribution >= 4 is 11.4 Å².